The molecule has 2 aromatic carbocycles. The van der Waals surface area contributed by atoms with Crippen molar-refractivity contribution in [2.45, 2.75) is 13.5 Å². The lowest BCUT2D eigenvalue weighted by atomic mass is 10.1. The van der Waals surface area contributed by atoms with Crippen LogP contribution in [0.3, 0.4) is 0 Å². The van der Waals surface area contributed by atoms with Crippen molar-refractivity contribution in [3.05, 3.63) is 58.9 Å². The van der Waals surface area contributed by atoms with Crippen molar-refractivity contribution in [1.82, 2.24) is 15.0 Å². The quantitative estimate of drug-likeness (QED) is 0.593. The summed E-state index contributed by atoms with van der Waals surface area (Å²) in [6, 6.07) is 12.3. The molecule has 0 saturated heterocycles. The monoisotopic (exact) mass is 401 g/mol. The maximum Gasteiger partial charge on any atom is 0.261 e. The smallest absolute Gasteiger partial charge is 0.261 e. The van der Waals surface area contributed by atoms with E-state index in [0.717, 1.165) is 5.56 Å². The van der Waals surface area contributed by atoms with Crippen LogP contribution in [0.5, 0.6) is 11.5 Å². The van der Waals surface area contributed by atoms with Crippen LogP contribution in [0, 0.1) is 0 Å². The number of amides is 1. The molecule has 8 heteroatoms. The Bertz CT molecular complexity index is 934. The average Bonchev–Trinajstić information content (AvgIpc) is 3.19. The number of hydrogen-bond acceptors (Lipinski definition) is 6. The van der Waals surface area contributed by atoms with E-state index in [0.29, 0.717) is 40.3 Å². The summed E-state index contributed by atoms with van der Waals surface area (Å²) in [4.78, 5) is 19.1. The highest BCUT2D eigenvalue weighted by Crippen LogP contribution is 2.30. The highest BCUT2D eigenvalue weighted by atomic mass is 35.5. The molecule has 0 aliphatic carbocycles. The molecule has 0 atom stereocenters. The van der Waals surface area contributed by atoms with E-state index in [2.05, 4.69) is 10.1 Å². The second kappa shape index (κ2) is 8.75. The van der Waals surface area contributed by atoms with Gasteiger partial charge in [0.25, 0.3) is 5.91 Å². The van der Waals surface area contributed by atoms with Crippen LogP contribution in [0.15, 0.2) is 47.0 Å². The molecule has 0 unspecified atom stereocenters. The van der Waals surface area contributed by atoms with Gasteiger partial charge >= 0.3 is 0 Å². The van der Waals surface area contributed by atoms with Gasteiger partial charge in [-0.25, -0.2) is 0 Å². The van der Waals surface area contributed by atoms with Crippen LogP contribution >= 0.6 is 11.6 Å². The predicted molar refractivity (Wildman–Crippen MR) is 105 cm³/mol. The van der Waals surface area contributed by atoms with Gasteiger partial charge in [-0.15, -0.1) is 0 Å². The summed E-state index contributed by atoms with van der Waals surface area (Å²) in [6.45, 7) is 2.48. The van der Waals surface area contributed by atoms with Gasteiger partial charge in [-0.2, -0.15) is 4.98 Å². The Morgan fingerprint density at radius 1 is 1.11 bits per heavy atom. The molecule has 0 bridgehead atoms. The van der Waals surface area contributed by atoms with Crippen LogP contribution in [-0.2, 0) is 6.54 Å². The molecule has 0 radical (unpaired) electrons. The summed E-state index contributed by atoms with van der Waals surface area (Å²) >= 11 is 5.91. The Kier molecular flexibility index (Phi) is 6.16. The van der Waals surface area contributed by atoms with Crippen molar-refractivity contribution in [1.29, 1.82) is 0 Å². The van der Waals surface area contributed by atoms with E-state index in [1.165, 1.54) is 14.2 Å². The van der Waals surface area contributed by atoms with E-state index in [1.54, 1.807) is 47.4 Å². The van der Waals surface area contributed by atoms with Gasteiger partial charge in [-0.05, 0) is 43.3 Å². The van der Waals surface area contributed by atoms with E-state index in [4.69, 9.17) is 25.6 Å². The first-order valence-electron chi connectivity index (χ1n) is 8.66. The Hall–Kier alpha value is -3.06. The summed E-state index contributed by atoms with van der Waals surface area (Å²) in [5.41, 5.74) is 1.13. The Labute approximate surface area is 167 Å². The molecule has 146 valence electrons. The van der Waals surface area contributed by atoms with Crippen LogP contribution in [-0.4, -0.2) is 41.7 Å². The number of halogens is 1. The number of carbonyl (C=O) groups excluding carboxylic acids is 1. The van der Waals surface area contributed by atoms with E-state index < -0.39 is 0 Å². The number of methoxy groups -OCH3 is 2. The Morgan fingerprint density at radius 2 is 1.75 bits per heavy atom. The lowest BCUT2D eigenvalue weighted by Crippen LogP contribution is -2.31. The highest BCUT2D eigenvalue weighted by molar-refractivity contribution is 6.30. The number of carbonyl (C=O) groups is 1. The molecule has 0 N–H and O–H groups in total. The third-order valence-electron chi connectivity index (χ3n) is 4.21. The summed E-state index contributed by atoms with van der Waals surface area (Å²) in [5.74, 6) is 1.40. The Balaban J connectivity index is 1.84. The average molecular weight is 402 g/mol. The zero-order valence-electron chi connectivity index (χ0n) is 15.8. The fourth-order valence-electron chi connectivity index (χ4n) is 2.75. The molecular formula is C20H20ClN3O4. The third kappa shape index (κ3) is 4.09. The van der Waals surface area contributed by atoms with Crippen LogP contribution < -0.4 is 9.47 Å². The molecule has 1 heterocycles. The molecule has 0 aliphatic heterocycles. The van der Waals surface area contributed by atoms with Gasteiger partial charge in [0, 0.05) is 17.1 Å². The second-order valence-electron chi connectivity index (χ2n) is 5.88. The molecule has 3 aromatic rings. The minimum Gasteiger partial charge on any atom is -0.496 e. The van der Waals surface area contributed by atoms with Crippen molar-refractivity contribution >= 4 is 17.5 Å². The molecule has 0 fully saturated rings. The van der Waals surface area contributed by atoms with Gasteiger partial charge in [-0.1, -0.05) is 22.8 Å². The predicted octanol–water partition coefficient (Wildman–Crippen LogP) is 4.07. The summed E-state index contributed by atoms with van der Waals surface area (Å²) in [7, 11) is 3.02. The molecule has 28 heavy (non-hydrogen) atoms. The van der Waals surface area contributed by atoms with Crippen molar-refractivity contribution in [2.75, 3.05) is 20.8 Å². The van der Waals surface area contributed by atoms with E-state index in [9.17, 15) is 4.79 Å². The lowest BCUT2D eigenvalue weighted by molar-refractivity contribution is 0.0727. The topological polar surface area (TPSA) is 77.7 Å². The van der Waals surface area contributed by atoms with Gasteiger partial charge in [0.1, 0.15) is 23.6 Å². The fraction of sp³-hybridized carbons (Fsp3) is 0.250. The van der Waals surface area contributed by atoms with Gasteiger partial charge in [-0.3, -0.25) is 4.79 Å². The number of benzene rings is 2. The summed E-state index contributed by atoms with van der Waals surface area (Å²) in [6.07, 6.45) is 0. The van der Waals surface area contributed by atoms with Crippen molar-refractivity contribution in [2.24, 2.45) is 0 Å². The SMILES string of the molecule is CCN(Cc1nc(-c2ccc(Cl)cc2)no1)C(=O)c1c(OC)cccc1OC. The lowest BCUT2D eigenvalue weighted by Gasteiger charge is -2.21. The summed E-state index contributed by atoms with van der Waals surface area (Å²) < 4.78 is 16.0. The van der Waals surface area contributed by atoms with Crippen LogP contribution in [0.2, 0.25) is 5.02 Å². The van der Waals surface area contributed by atoms with Crippen LogP contribution in [0.1, 0.15) is 23.2 Å². The van der Waals surface area contributed by atoms with Gasteiger partial charge in [0.05, 0.1) is 14.2 Å². The number of aromatic nitrogens is 2. The maximum atomic E-state index is 13.1. The molecule has 1 amide bonds. The highest BCUT2D eigenvalue weighted by Gasteiger charge is 2.24. The van der Waals surface area contributed by atoms with Crippen molar-refractivity contribution in [3.63, 3.8) is 0 Å². The number of hydrogen-bond donors (Lipinski definition) is 0. The second-order valence-corrected chi connectivity index (χ2v) is 6.31. The number of rotatable bonds is 7. The molecular weight excluding hydrogens is 382 g/mol. The minimum absolute atomic E-state index is 0.164. The number of nitrogens with zero attached hydrogens (tertiary/aromatic N) is 3. The molecule has 3 rings (SSSR count). The minimum atomic E-state index is -0.247. The third-order valence-corrected chi connectivity index (χ3v) is 4.46. The zero-order chi connectivity index (χ0) is 20.1. The molecule has 0 saturated carbocycles. The molecule has 0 spiro atoms. The summed E-state index contributed by atoms with van der Waals surface area (Å²) in [5, 5.41) is 4.61. The first-order chi connectivity index (χ1) is 13.6. The largest absolute Gasteiger partial charge is 0.496 e. The number of ether oxygens (including phenoxy) is 2. The van der Waals surface area contributed by atoms with E-state index in [-0.39, 0.29) is 12.5 Å². The normalized spacial score (nSPS) is 10.6. The van der Waals surface area contributed by atoms with E-state index >= 15 is 0 Å². The molecule has 7 nitrogen and oxygen atoms in total. The molecule has 0 aliphatic rings. The zero-order valence-corrected chi connectivity index (χ0v) is 16.6. The van der Waals surface area contributed by atoms with Crippen LogP contribution in [0.4, 0.5) is 0 Å². The van der Waals surface area contributed by atoms with Crippen molar-refractivity contribution in [3.8, 4) is 22.9 Å². The van der Waals surface area contributed by atoms with Crippen LogP contribution in [0.25, 0.3) is 11.4 Å². The van der Waals surface area contributed by atoms with Crippen molar-refractivity contribution < 1.29 is 18.8 Å². The fourth-order valence-corrected chi connectivity index (χ4v) is 2.87. The van der Waals surface area contributed by atoms with Gasteiger partial charge in [0.15, 0.2) is 0 Å². The van der Waals surface area contributed by atoms with Gasteiger partial charge < -0.3 is 18.9 Å². The van der Waals surface area contributed by atoms with Gasteiger partial charge in [0.2, 0.25) is 11.7 Å². The standard InChI is InChI=1S/C20H20ClN3O4/c1-4-24(20(25)18-15(26-2)6-5-7-16(18)27-3)12-17-22-19(23-28-17)13-8-10-14(21)11-9-13/h5-11H,4,12H2,1-3H3. The first-order valence-corrected chi connectivity index (χ1v) is 9.04. The Morgan fingerprint density at radius 3 is 2.32 bits per heavy atom. The van der Waals surface area contributed by atoms with E-state index in [1.807, 2.05) is 6.92 Å². The maximum absolute atomic E-state index is 13.1. The molecule has 1 aromatic heterocycles. The first kappa shape index (κ1) is 19.7.